The van der Waals surface area contributed by atoms with Crippen LogP contribution in [0.2, 0.25) is 0 Å². The van der Waals surface area contributed by atoms with Gasteiger partial charge in [0.15, 0.2) is 18.2 Å². The number of methoxy groups -OCH3 is 1. The Bertz CT molecular complexity index is 643. The molecule has 21 heavy (non-hydrogen) atoms. The molecular formula is C16H16FNO3. The number of halogens is 1. The van der Waals surface area contributed by atoms with Crippen LogP contribution in [0.1, 0.15) is 5.56 Å². The van der Waals surface area contributed by atoms with E-state index in [0.29, 0.717) is 5.69 Å². The van der Waals surface area contributed by atoms with E-state index < -0.39 is 5.82 Å². The number of hydrogen-bond acceptors (Lipinski definition) is 3. The molecule has 0 fully saturated rings. The smallest absolute Gasteiger partial charge is 0.262 e. The molecule has 0 spiro atoms. The van der Waals surface area contributed by atoms with Crippen molar-refractivity contribution in [1.29, 1.82) is 0 Å². The number of aryl methyl sites for hydroxylation is 1. The van der Waals surface area contributed by atoms with Crippen LogP contribution in [-0.2, 0) is 4.79 Å². The summed E-state index contributed by atoms with van der Waals surface area (Å²) in [6.45, 7) is 1.62. The molecule has 0 saturated heterocycles. The third-order valence-electron chi connectivity index (χ3n) is 2.87. The zero-order valence-electron chi connectivity index (χ0n) is 11.9. The summed E-state index contributed by atoms with van der Waals surface area (Å²) in [6, 6.07) is 11.2. The van der Waals surface area contributed by atoms with Gasteiger partial charge in [0.2, 0.25) is 0 Å². The van der Waals surface area contributed by atoms with E-state index in [1.165, 1.54) is 12.1 Å². The molecule has 4 nitrogen and oxygen atoms in total. The molecular weight excluding hydrogens is 273 g/mol. The molecule has 1 amide bonds. The van der Waals surface area contributed by atoms with Crippen molar-refractivity contribution in [1.82, 2.24) is 0 Å². The van der Waals surface area contributed by atoms with Crippen molar-refractivity contribution in [2.45, 2.75) is 6.92 Å². The second-order valence-electron chi connectivity index (χ2n) is 4.45. The molecule has 0 saturated carbocycles. The topological polar surface area (TPSA) is 47.6 Å². The summed E-state index contributed by atoms with van der Waals surface area (Å²) < 4.78 is 23.6. The average molecular weight is 289 g/mol. The third-order valence-corrected chi connectivity index (χ3v) is 2.87. The second-order valence-corrected chi connectivity index (χ2v) is 4.45. The molecule has 1 N–H and O–H groups in total. The molecule has 0 aliphatic carbocycles. The summed E-state index contributed by atoms with van der Waals surface area (Å²) in [4.78, 5) is 11.8. The molecule has 0 radical (unpaired) electrons. The molecule has 0 bridgehead atoms. The quantitative estimate of drug-likeness (QED) is 0.919. The van der Waals surface area contributed by atoms with E-state index in [4.69, 9.17) is 9.47 Å². The molecule has 0 unspecified atom stereocenters. The van der Waals surface area contributed by atoms with Crippen LogP contribution < -0.4 is 14.8 Å². The minimum Gasteiger partial charge on any atom is -0.496 e. The van der Waals surface area contributed by atoms with E-state index >= 15 is 0 Å². The van der Waals surface area contributed by atoms with Gasteiger partial charge in [-0.15, -0.1) is 0 Å². The highest BCUT2D eigenvalue weighted by Crippen LogP contribution is 2.21. The van der Waals surface area contributed by atoms with Crippen LogP contribution in [0.3, 0.4) is 0 Å². The summed E-state index contributed by atoms with van der Waals surface area (Å²) in [6.07, 6.45) is 0. The molecule has 0 aliphatic rings. The van der Waals surface area contributed by atoms with Crippen LogP contribution in [0.4, 0.5) is 10.1 Å². The zero-order valence-corrected chi connectivity index (χ0v) is 11.9. The fraction of sp³-hybridized carbons (Fsp3) is 0.188. The van der Waals surface area contributed by atoms with Gasteiger partial charge in [-0.3, -0.25) is 4.79 Å². The number of anilines is 1. The van der Waals surface area contributed by atoms with Crippen LogP contribution in [0, 0.1) is 12.7 Å². The number of hydrogen-bond donors (Lipinski definition) is 1. The van der Waals surface area contributed by atoms with Crippen molar-refractivity contribution in [3.8, 4) is 11.5 Å². The Kier molecular flexibility index (Phi) is 4.77. The second kappa shape index (κ2) is 6.74. The standard InChI is InChI=1S/C16H16FNO3/c1-11-9-12(7-8-14(11)20-2)18-16(19)10-21-15-6-4-3-5-13(15)17/h3-9H,10H2,1-2H3,(H,18,19). The number of nitrogens with one attached hydrogen (secondary N) is 1. The van der Waals surface area contributed by atoms with Crippen molar-refractivity contribution in [2.75, 3.05) is 19.0 Å². The Balaban J connectivity index is 1.93. The van der Waals surface area contributed by atoms with Gasteiger partial charge in [-0.25, -0.2) is 4.39 Å². The van der Waals surface area contributed by atoms with Crippen molar-refractivity contribution >= 4 is 11.6 Å². The van der Waals surface area contributed by atoms with Crippen molar-refractivity contribution in [3.05, 3.63) is 53.8 Å². The van der Waals surface area contributed by atoms with Gasteiger partial charge < -0.3 is 14.8 Å². The van der Waals surface area contributed by atoms with E-state index in [-0.39, 0.29) is 18.3 Å². The molecule has 0 aliphatic heterocycles. The molecule has 0 atom stereocenters. The number of ether oxygens (including phenoxy) is 2. The van der Waals surface area contributed by atoms with Crippen LogP contribution in [0.15, 0.2) is 42.5 Å². The Labute approximate surface area is 122 Å². The molecule has 0 heterocycles. The summed E-state index contributed by atoms with van der Waals surface area (Å²) in [5.74, 6) is -0.0532. The maximum absolute atomic E-state index is 13.3. The summed E-state index contributed by atoms with van der Waals surface area (Å²) in [5.41, 5.74) is 1.54. The highest BCUT2D eigenvalue weighted by Gasteiger charge is 2.07. The van der Waals surface area contributed by atoms with Gasteiger partial charge in [-0.1, -0.05) is 12.1 Å². The predicted octanol–water partition coefficient (Wildman–Crippen LogP) is 3.16. The number of para-hydroxylation sites is 1. The molecule has 2 aromatic carbocycles. The van der Waals surface area contributed by atoms with Gasteiger partial charge in [-0.05, 0) is 42.8 Å². The monoisotopic (exact) mass is 289 g/mol. The lowest BCUT2D eigenvalue weighted by Crippen LogP contribution is -2.20. The highest BCUT2D eigenvalue weighted by atomic mass is 19.1. The molecule has 2 rings (SSSR count). The Morgan fingerprint density at radius 1 is 1.19 bits per heavy atom. The van der Waals surface area contributed by atoms with E-state index in [1.807, 2.05) is 6.92 Å². The maximum atomic E-state index is 13.3. The van der Waals surface area contributed by atoms with Gasteiger partial charge >= 0.3 is 0 Å². The number of benzene rings is 2. The first-order chi connectivity index (χ1) is 10.1. The van der Waals surface area contributed by atoms with Crippen molar-refractivity contribution in [3.63, 3.8) is 0 Å². The van der Waals surface area contributed by atoms with Gasteiger partial charge in [0.05, 0.1) is 7.11 Å². The Morgan fingerprint density at radius 3 is 2.62 bits per heavy atom. The molecule has 5 heteroatoms. The SMILES string of the molecule is COc1ccc(NC(=O)COc2ccccc2F)cc1C. The Hall–Kier alpha value is -2.56. The van der Waals surface area contributed by atoms with Crippen LogP contribution in [0.5, 0.6) is 11.5 Å². The summed E-state index contributed by atoms with van der Waals surface area (Å²) in [5, 5.41) is 2.68. The number of carbonyl (C=O) groups excluding carboxylic acids is 1. The minimum atomic E-state index is -0.495. The van der Waals surface area contributed by atoms with Crippen LogP contribution >= 0.6 is 0 Å². The maximum Gasteiger partial charge on any atom is 0.262 e. The fourth-order valence-corrected chi connectivity index (χ4v) is 1.86. The van der Waals surface area contributed by atoms with Crippen LogP contribution in [0.25, 0.3) is 0 Å². The zero-order chi connectivity index (χ0) is 15.2. The molecule has 2 aromatic rings. The fourth-order valence-electron chi connectivity index (χ4n) is 1.86. The minimum absolute atomic E-state index is 0.0542. The number of rotatable bonds is 5. The van der Waals surface area contributed by atoms with E-state index in [2.05, 4.69) is 5.32 Å². The van der Waals surface area contributed by atoms with E-state index in [0.717, 1.165) is 11.3 Å². The lowest BCUT2D eigenvalue weighted by atomic mass is 10.2. The van der Waals surface area contributed by atoms with Gasteiger partial charge in [0.1, 0.15) is 5.75 Å². The van der Waals surface area contributed by atoms with Gasteiger partial charge in [-0.2, -0.15) is 0 Å². The first-order valence-corrected chi connectivity index (χ1v) is 6.42. The van der Waals surface area contributed by atoms with E-state index in [1.54, 1.807) is 37.4 Å². The first-order valence-electron chi connectivity index (χ1n) is 6.42. The van der Waals surface area contributed by atoms with E-state index in [9.17, 15) is 9.18 Å². The molecule has 0 aromatic heterocycles. The highest BCUT2D eigenvalue weighted by molar-refractivity contribution is 5.92. The normalized spacial score (nSPS) is 10.0. The van der Waals surface area contributed by atoms with Crippen LogP contribution in [-0.4, -0.2) is 19.6 Å². The van der Waals surface area contributed by atoms with Crippen molar-refractivity contribution in [2.24, 2.45) is 0 Å². The lowest BCUT2D eigenvalue weighted by molar-refractivity contribution is -0.118. The average Bonchev–Trinajstić information content (AvgIpc) is 2.46. The third kappa shape index (κ3) is 3.95. The largest absolute Gasteiger partial charge is 0.496 e. The lowest BCUT2D eigenvalue weighted by Gasteiger charge is -2.10. The predicted molar refractivity (Wildman–Crippen MR) is 78.3 cm³/mol. The molecule has 110 valence electrons. The van der Waals surface area contributed by atoms with Gasteiger partial charge in [0, 0.05) is 5.69 Å². The Morgan fingerprint density at radius 2 is 1.95 bits per heavy atom. The number of carbonyl (C=O) groups is 1. The van der Waals surface area contributed by atoms with Gasteiger partial charge in [0.25, 0.3) is 5.91 Å². The number of amides is 1. The summed E-state index contributed by atoms with van der Waals surface area (Å²) in [7, 11) is 1.59. The summed E-state index contributed by atoms with van der Waals surface area (Å²) >= 11 is 0. The van der Waals surface area contributed by atoms with Crippen molar-refractivity contribution < 1.29 is 18.7 Å². The first kappa shape index (κ1) is 14.8.